The first-order chi connectivity index (χ1) is 8.66. The van der Waals surface area contributed by atoms with Crippen molar-refractivity contribution < 1.29 is 4.79 Å². The minimum atomic E-state index is -0.258. The topological polar surface area (TPSA) is 40.9 Å². The molecule has 0 atom stereocenters. The molecule has 0 N–H and O–H groups in total. The second kappa shape index (κ2) is 5.29. The highest BCUT2D eigenvalue weighted by molar-refractivity contribution is 8.13. The molecule has 2 rings (SSSR count). The number of rotatable bonds is 2. The van der Waals surface area contributed by atoms with Gasteiger partial charge in [0, 0.05) is 12.5 Å². The van der Waals surface area contributed by atoms with Crippen molar-refractivity contribution in [2.45, 2.75) is 25.2 Å². The molecule has 2 nitrogen and oxygen atoms in total. The SMILES string of the molecule is CC(=O)SCC#Cc1cccc(C2(C#N)CC2)c1. The Labute approximate surface area is 111 Å². The highest BCUT2D eigenvalue weighted by Gasteiger charge is 2.44. The molecule has 1 aliphatic rings. The lowest BCUT2D eigenvalue weighted by Gasteiger charge is -2.05. The van der Waals surface area contributed by atoms with Gasteiger partial charge in [-0.05, 0) is 30.5 Å². The number of benzene rings is 1. The summed E-state index contributed by atoms with van der Waals surface area (Å²) in [6, 6.07) is 10.2. The lowest BCUT2D eigenvalue weighted by molar-refractivity contribution is -0.109. The average molecular weight is 255 g/mol. The first-order valence-corrected chi connectivity index (χ1v) is 6.79. The van der Waals surface area contributed by atoms with Gasteiger partial charge in [0.1, 0.15) is 0 Å². The van der Waals surface area contributed by atoms with Crippen molar-refractivity contribution in [3.63, 3.8) is 0 Å². The summed E-state index contributed by atoms with van der Waals surface area (Å²) in [5, 5.41) is 9.23. The molecular weight excluding hydrogens is 242 g/mol. The van der Waals surface area contributed by atoms with E-state index >= 15 is 0 Å². The highest BCUT2D eigenvalue weighted by atomic mass is 32.2. The fourth-order valence-corrected chi connectivity index (χ4v) is 2.11. The van der Waals surface area contributed by atoms with Crippen LogP contribution in [-0.4, -0.2) is 10.9 Å². The molecule has 90 valence electrons. The number of hydrogen-bond acceptors (Lipinski definition) is 3. The van der Waals surface area contributed by atoms with Gasteiger partial charge in [-0.2, -0.15) is 5.26 Å². The summed E-state index contributed by atoms with van der Waals surface area (Å²) >= 11 is 1.21. The van der Waals surface area contributed by atoms with E-state index < -0.39 is 0 Å². The van der Waals surface area contributed by atoms with Crippen LogP contribution < -0.4 is 0 Å². The fraction of sp³-hybridized carbons (Fsp3) is 0.333. The molecule has 1 aromatic rings. The normalized spacial score (nSPS) is 15.1. The number of nitrogens with zero attached hydrogens (tertiary/aromatic N) is 1. The molecule has 0 spiro atoms. The van der Waals surface area contributed by atoms with Crippen molar-refractivity contribution in [2.75, 3.05) is 5.75 Å². The van der Waals surface area contributed by atoms with Crippen LogP contribution in [0.4, 0.5) is 0 Å². The summed E-state index contributed by atoms with van der Waals surface area (Å²) in [4.78, 5) is 10.7. The zero-order valence-electron chi connectivity index (χ0n) is 10.2. The van der Waals surface area contributed by atoms with Gasteiger partial charge in [0.05, 0.1) is 17.2 Å². The maximum atomic E-state index is 10.7. The van der Waals surface area contributed by atoms with Crippen LogP contribution in [-0.2, 0) is 10.2 Å². The van der Waals surface area contributed by atoms with Crippen LogP contribution in [0.1, 0.15) is 30.9 Å². The molecule has 0 amide bonds. The van der Waals surface area contributed by atoms with Crippen LogP contribution in [0.2, 0.25) is 0 Å². The number of carbonyl (C=O) groups is 1. The van der Waals surface area contributed by atoms with E-state index in [0.29, 0.717) is 5.75 Å². The Hall–Kier alpha value is -1.71. The molecule has 0 unspecified atom stereocenters. The predicted octanol–water partition coefficient (Wildman–Crippen LogP) is 2.87. The van der Waals surface area contributed by atoms with Gasteiger partial charge in [-0.25, -0.2) is 0 Å². The summed E-state index contributed by atoms with van der Waals surface area (Å²) in [5.74, 6) is 6.51. The molecule has 18 heavy (non-hydrogen) atoms. The quantitative estimate of drug-likeness (QED) is 0.763. The third-order valence-corrected chi connectivity index (χ3v) is 3.65. The lowest BCUT2D eigenvalue weighted by atomic mass is 9.96. The maximum absolute atomic E-state index is 10.7. The minimum absolute atomic E-state index is 0.0828. The number of carbonyl (C=O) groups excluding carboxylic acids is 1. The van der Waals surface area contributed by atoms with Crippen molar-refractivity contribution in [2.24, 2.45) is 0 Å². The monoisotopic (exact) mass is 255 g/mol. The summed E-state index contributed by atoms with van der Waals surface area (Å²) < 4.78 is 0. The second-order valence-electron chi connectivity index (χ2n) is 4.36. The Kier molecular flexibility index (Phi) is 3.75. The van der Waals surface area contributed by atoms with Crippen LogP contribution in [0.5, 0.6) is 0 Å². The first-order valence-electron chi connectivity index (χ1n) is 5.80. The Bertz CT molecular complexity index is 570. The zero-order chi connectivity index (χ0) is 13.0. The molecule has 0 aliphatic heterocycles. The van der Waals surface area contributed by atoms with Crippen LogP contribution in [0.3, 0.4) is 0 Å². The molecule has 0 bridgehead atoms. The van der Waals surface area contributed by atoms with Crippen molar-refractivity contribution in [1.29, 1.82) is 5.26 Å². The van der Waals surface area contributed by atoms with Gasteiger partial charge < -0.3 is 0 Å². The third kappa shape index (κ3) is 2.94. The van der Waals surface area contributed by atoms with Crippen LogP contribution >= 0.6 is 11.8 Å². The summed E-state index contributed by atoms with van der Waals surface area (Å²) in [6.07, 6.45) is 1.89. The Morgan fingerprint density at radius 3 is 2.89 bits per heavy atom. The van der Waals surface area contributed by atoms with Gasteiger partial charge in [0.15, 0.2) is 5.12 Å². The number of hydrogen-bond donors (Lipinski definition) is 0. The number of thioether (sulfide) groups is 1. The summed E-state index contributed by atoms with van der Waals surface area (Å²) in [6.45, 7) is 1.54. The van der Waals surface area contributed by atoms with Crippen molar-refractivity contribution in [1.82, 2.24) is 0 Å². The van der Waals surface area contributed by atoms with Crippen molar-refractivity contribution in [3.05, 3.63) is 35.4 Å². The molecular formula is C15H13NOS. The Morgan fingerprint density at radius 2 is 2.28 bits per heavy atom. The lowest BCUT2D eigenvalue weighted by Crippen LogP contribution is -2.02. The molecule has 1 saturated carbocycles. The van der Waals surface area contributed by atoms with Crippen LogP contribution in [0, 0.1) is 23.2 Å². The highest BCUT2D eigenvalue weighted by Crippen LogP contribution is 2.47. The van der Waals surface area contributed by atoms with Crippen LogP contribution in [0.25, 0.3) is 0 Å². The average Bonchev–Trinajstić information content (AvgIpc) is 3.16. The molecule has 1 aromatic carbocycles. The van der Waals surface area contributed by atoms with Crippen molar-refractivity contribution >= 4 is 16.9 Å². The largest absolute Gasteiger partial charge is 0.288 e. The smallest absolute Gasteiger partial charge is 0.186 e. The van der Waals surface area contributed by atoms with Gasteiger partial charge in [-0.1, -0.05) is 35.7 Å². The second-order valence-corrected chi connectivity index (χ2v) is 5.51. The van der Waals surface area contributed by atoms with E-state index in [-0.39, 0.29) is 10.5 Å². The molecule has 0 saturated heterocycles. The van der Waals surface area contributed by atoms with Crippen LogP contribution in [0.15, 0.2) is 24.3 Å². The Balaban J connectivity index is 2.09. The predicted molar refractivity (Wildman–Crippen MR) is 73.0 cm³/mol. The van der Waals surface area contributed by atoms with Gasteiger partial charge in [-0.3, -0.25) is 4.79 Å². The molecule has 0 heterocycles. The molecule has 0 radical (unpaired) electrons. The maximum Gasteiger partial charge on any atom is 0.186 e. The van der Waals surface area contributed by atoms with E-state index in [1.807, 2.05) is 24.3 Å². The van der Waals surface area contributed by atoms with E-state index in [1.165, 1.54) is 18.7 Å². The molecule has 0 aromatic heterocycles. The first kappa shape index (κ1) is 12.7. The Morgan fingerprint density at radius 1 is 1.50 bits per heavy atom. The van der Waals surface area contributed by atoms with E-state index in [0.717, 1.165) is 24.0 Å². The van der Waals surface area contributed by atoms with E-state index in [9.17, 15) is 4.79 Å². The van der Waals surface area contributed by atoms with Gasteiger partial charge in [0.2, 0.25) is 0 Å². The van der Waals surface area contributed by atoms with Gasteiger partial charge in [0.25, 0.3) is 0 Å². The number of nitriles is 1. The standard InChI is InChI=1S/C15H13NOS/c1-12(17)18-9-3-5-13-4-2-6-14(10-13)15(11-16)7-8-15/h2,4,6,10H,7-9H2,1H3. The van der Waals surface area contributed by atoms with E-state index in [4.69, 9.17) is 5.26 Å². The summed E-state index contributed by atoms with van der Waals surface area (Å²) in [7, 11) is 0. The van der Waals surface area contributed by atoms with E-state index in [1.54, 1.807) is 0 Å². The van der Waals surface area contributed by atoms with Gasteiger partial charge >= 0.3 is 0 Å². The molecule has 1 fully saturated rings. The van der Waals surface area contributed by atoms with E-state index in [2.05, 4.69) is 17.9 Å². The fourth-order valence-electron chi connectivity index (χ4n) is 1.76. The van der Waals surface area contributed by atoms with Crippen molar-refractivity contribution in [3.8, 4) is 17.9 Å². The molecule has 1 aliphatic carbocycles. The third-order valence-electron chi connectivity index (χ3n) is 2.96. The van der Waals surface area contributed by atoms with Gasteiger partial charge in [-0.15, -0.1) is 0 Å². The minimum Gasteiger partial charge on any atom is -0.288 e. The summed E-state index contributed by atoms with van der Waals surface area (Å²) in [5.41, 5.74) is 1.72. The molecule has 3 heteroatoms. The zero-order valence-corrected chi connectivity index (χ0v) is 11.0.